The first kappa shape index (κ1) is 15.4. The molecule has 1 aromatic heterocycles. The molecule has 3 aromatic rings. The molecule has 0 radical (unpaired) electrons. The summed E-state index contributed by atoms with van der Waals surface area (Å²) in [5.41, 5.74) is 6.85. The molecular weight excluding hydrogens is 337 g/mol. The highest BCUT2D eigenvalue weighted by atomic mass is 35.5. The Hall–Kier alpha value is -2.09. The first-order valence-corrected chi connectivity index (χ1v) is 8.67. The van der Waals surface area contributed by atoms with Gasteiger partial charge in [0.25, 0.3) is 0 Å². The summed E-state index contributed by atoms with van der Waals surface area (Å²) < 4.78 is 0. The number of pyridine rings is 1. The van der Waals surface area contributed by atoms with E-state index >= 15 is 0 Å². The molecule has 1 aliphatic rings. The highest BCUT2D eigenvalue weighted by molar-refractivity contribution is 6.32. The summed E-state index contributed by atoms with van der Waals surface area (Å²) in [4.78, 5) is 4.59. The molecule has 3 heteroatoms. The summed E-state index contributed by atoms with van der Waals surface area (Å²) in [6, 6.07) is 18.1. The zero-order valence-electron chi connectivity index (χ0n) is 13.0. The molecule has 0 bridgehead atoms. The van der Waals surface area contributed by atoms with E-state index in [4.69, 9.17) is 23.2 Å². The van der Waals surface area contributed by atoms with Crippen molar-refractivity contribution in [2.75, 3.05) is 0 Å². The largest absolute Gasteiger partial charge is 0.261 e. The van der Waals surface area contributed by atoms with E-state index in [2.05, 4.69) is 29.3 Å². The van der Waals surface area contributed by atoms with Crippen LogP contribution in [0.4, 0.5) is 0 Å². The number of benzene rings is 2. The lowest BCUT2D eigenvalue weighted by Crippen LogP contribution is -1.95. The first-order chi connectivity index (χ1) is 11.7. The zero-order chi connectivity index (χ0) is 16.5. The molecular formula is C21H15Cl2N. The van der Waals surface area contributed by atoms with Crippen molar-refractivity contribution in [3.8, 4) is 0 Å². The number of fused-ring (bicyclic) bond motifs is 2. The smallest absolute Gasteiger partial charge is 0.0485 e. The Morgan fingerprint density at radius 2 is 1.71 bits per heavy atom. The monoisotopic (exact) mass is 351 g/mol. The van der Waals surface area contributed by atoms with Crippen LogP contribution in [-0.2, 0) is 12.8 Å². The van der Waals surface area contributed by atoms with Gasteiger partial charge in [0, 0.05) is 27.5 Å². The minimum Gasteiger partial charge on any atom is -0.261 e. The van der Waals surface area contributed by atoms with Crippen LogP contribution in [0.5, 0.6) is 0 Å². The molecule has 0 unspecified atom stereocenters. The fourth-order valence-corrected chi connectivity index (χ4v) is 3.72. The molecule has 0 atom stereocenters. The van der Waals surface area contributed by atoms with Crippen molar-refractivity contribution < 1.29 is 0 Å². The Balaban J connectivity index is 1.99. The average molecular weight is 352 g/mol. The predicted octanol–water partition coefficient (Wildman–Crippen LogP) is 6.08. The number of halogens is 2. The van der Waals surface area contributed by atoms with Gasteiger partial charge in [-0.3, -0.25) is 4.98 Å². The van der Waals surface area contributed by atoms with Gasteiger partial charge in [-0.15, -0.1) is 0 Å². The van der Waals surface area contributed by atoms with Crippen LogP contribution in [-0.4, -0.2) is 4.98 Å². The second-order valence-corrected chi connectivity index (χ2v) is 6.72. The lowest BCUT2D eigenvalue weighted by molar-refractivity contribution is 0.918. The summed E-state index contributed by atoms with van der Waals surface area (Å²) in [6.07, 6.45) is 5.81. The molecule has 1 aliphatic carbocycles. The molecule has 0 aliphatic heterocycles. The topological polar surface area (TPSA) is 12.9 Å². The van der Waals surface area contributed by atoms with Crippen LogP contribution in [0.3, 0.4) is 0 Å². The molecule has 1 nitrogen and oxygen atoms in total. The summed E-state index contributed by atoms with van der Waals surface area (Å²) in [6.45, 7) is 0. The fourth-order valence-electron chi connectivity index (χ4n) is 3.25. The van der Waals surface area contributed by atoms with Gasteiger partial charge in [-0.2, -0.15) is 0 Å². The Morgan fingerprint density at radius 3 is 2.58 bits per heavy atom. The molecule has 0 N–H and O–H groups in total. The number of hydrogen-bond donors (Lipinski definition) is 0. The molecule has 1 heterocycles. The van der Waals surface area contributed by atoms with Crippen LogP contribution in [0, 0.1) is 0 Å². The van der Waals surface area contributed by atoms with Gasteiger partial charge < -0.3 is 0 Å². The van der Waals surface area contributed by atoms with Gasteiger partial charge in [-0.25, -0.2) is 0 Å². The minimum absolute atomic E-state index is 0.732. The number of aromatic nitrogens is 1. The van der Waals surface area contributed by atoms with Crippen molar-refractivity contribution in [1.82, 2.24) is 4.98 Å². The molecule has 24 heavy (non-hydrogen) atoms. The third-order valence-electron chi connectivity index (χ3n) is 4.36. The van der Waals surface area contributed by atoms with Gasteiger partial charge in [0.2, 0.25) is 0 Å². The van der Waals surface area contributed by atoms with Crippen LogP contribution < -0.4 is 0 Å². The van der Waals surface area contributed by atoms with E-state index in [1.54, 1.807) is 0 Å². The molecule has 0 amide bonds. The molecule has 0 saturated carbocycles. The van der Waals surface area contributed by atoms with Gasteiger partial charge in [-0.05, 0) is 65.4 Å². The number of hydrogen-bond acceptors (Lipinski definition) is 1. The van der Waals surface area contributed by atoms with Crippen LogP contribution in [0.2, 0.25) is 10.0 Å². The third kappa shape index (κ3) is 2.86. The normalized spacial score (nSPS) is 14.8. The van der Waals surface area contributed by atoms with E-state index in [1.807, 2.05) is 42.6 Å². The Bertz CT molecular complexity index is 944. The Morgan fingerprint density at radius 1 is 0.875 bits per heavy atom. The van der Waals surface area contributed by atoms with Crippen molar-refractivity contribution >= 4 is 34.9 Å². The summed E-state index contributed by atoms with van der Waals surface area (Å²) >= 11 is 12.6. The molecule has 0 fully saturated rings. The zero-order valence-corrected chi connectivity index (χ0v) is 14.5. The van der Waals surface area contributed by atoms with Gasteiger partial charge in [0.1, 0.15) is 0 Å². The lowest BCUT2D eigenvalue weighted by Gasteiger charge is -2.12. The maximum Gasteiger partial charge on any atom is 0.0485 e. The first-order valence-electron chi connectivity index (χ1n) is 7.91. The van der Waals surface area contributed by atoms with Gasteiger partial charge >= 0.3 is 0 Å². The summed E-state index contributed by atoms with van der Waals surface area (Å²) in [5, 5.41) is 1.55. The van der Waals surface area contributed by atoms with Gasteiger partial charge in [-0.1, -0.05) is 53.5 Å². The molecule has 2 aromatic carbocycles. The van der Waals surface area contributed by atoms with Crippen molar-refractivity contribution in [2.24, 2.45) is 0 Å². The standard InChI is InChI=1S/C21H15Cl2N/c22-15-5-1-4-14(12-15)13-19-16-6-2-8-20(23)17(16)9-10-21-18(19)7-3-11-24-21/h1-8,11-13H,9-10H2/b19-13+. The van der Waals surface area contributed by atoms with Crippen molar-refractivity contribution in [1.29, 1.82) is 0 Å². The van der Waals surface area contributed by atoms with Gasteiger partial charge in [0.15, 0.2) is 0 Å². The second kappa shape index (κ2) is 6.43. The average Bonchev–Trinajstić information content (AvgIpc) is 2.74. The minimum atomic E-state index is 0.732. The molecule has 0 spiro atoms. The lowest BCUT2D eigenvalue weighted by atomic mass is 9.93. The van der Waals surface area contributed by atoms with E-state index in [9.17, 15) is 0 Å². The Kier molecular flexibility index (Phi) is 4.13. The van der Waals surface area contributed by atoms with Crippen molar-refractivity contribution in [3.05, 3.63) is 98.8 Å². The second-order valence-electron chi connectivity index (χ2n) is 5.88. The highest BCUT2D eigenvalue weighted by Crippen LogP contribution is 2.37. The maximum atomic E-state index is 6.48. The van der Waals surface area contributed by atoms with Gasteiger partial charge in [0.05, 0.1) is 0 Å². The third-order valence-corrected chi connectivity index (χ3v) is 4.95. The van der Waals surface area contributed by atoms with E-state index in [0.29, 0.717) is 0 Å². The number of rotatable bonds is 1. The van der Waals surface area contributed by atoms with Crippen LogP contribution in [0.25, 0.3) is 11.6 Å². The van der Waals surface area contributed by atoms with Crippen LogP contribution in [0.15, 0.2) is 60.8 Å². The van der Waals surface area contributed by atoms with Crippen molar-refractivity contribution in [3.63, 3.8) is 0 Å². The predicted molar refractivity (Wildman–Crippen MR) is 102 cm³/mol. The number of nitrogens with zero attached hydrogens (tertiary/aromatic N) is 1. The van der Waals surface area contributed by atoms with E-state index in [-0.39, 0.29) is 0 Å². The summed E-state index contributed by atoms with van der Waals surface area (Å²) in [7, 11) is 0. The maximum absolute atomic E-state index is 6.48. The van der Waals surface area contributed by atoms with Crippen molar-refractivity contribution in [2.45, 2.75) is 12.8 Å². The number of aryl methyl sites for hydroxylation is 1. The SMILES string of the molecule is Clc1cccc(/C=C2/c3cccnc3CCc3c(Cl)cccc32)c1. The molecule has 0 saturated heterocycles. The quantitative estimate of drug-likeness (QED) is 0.517. The van der Waals surface area contributed by atoms with E-state index in [1.165, 1.54) is 16.7 Å². The molecule has 118 valence electrons. The molecule has 4 rings (SSSR count). The Labute approximate surface area is 151 Å². The van der Waals surface area contributed by atoms with E-state index in [0.717, 1.165) is 39.7 Å². The fraction of sp³-hybridized carbons (Fsp3) is 0.0952. The van der Waals surface area contributed by atoms with E-state index < -0.39 is 0 Å². The summed E-state index contributed by atoms with van der Waals surface area (Å²) in [5.74, 6) is 0. The highest BCUT2D eigenvalue weighted by Gasteiger charge is 2.20. The van der Waals surface area contributed by atoms with Crippen LogP contribution in [0.1, 0.15) is 27.9 Å². The van der Waals surface area contributed by atoms with Crippen LogP contribution >= 0.6 is 23.2 Å².